The predicted molar refractivity (Wildman–Crippen MR) is 73.9 cm³/mol. The predicted octanol–water partition coefficient (Wildman–Crippen LogP) is 2.55. The molecular formula is C15H16F3NO4. The molecule has 2 rings (SSSR count). The fourth-order valence-corrected chi connectivity index (χ4v) is 2.45. The summed E-state index contributed by atoms with van der Waals surface area (Å²) in [7, 11) is 0. The summed E-state index contributed by atoms with van der Waals surface area (Å²) in [6.45, 7) is -0.0681. The molecule has 0 radical (unpaired) electrons. The molecule has 0 saturated carbocycles. The number of carbonyl (C=O) groups excluding carboxylic acids is 1. The van der Waals surface area contributed by atoms with Crippen molar-refractivity contribution in [3.8, 4) is 5.75 Å². The Morgan fingerprint density at radius 1 is 1.22 bits per heavy atom. The summed E-state index contributed by atoms with van der Waals surface area (Å²) in [6.07, 6.45) is -2.59. The van der Waals surface area contributed by atoms with E-state index < -0.39 is 36.3 Å². The maximum atomic E-state index is 12.4. The van der Waals surface area contributed by atoms with Crippen LogP contribution in [0.15, 0.2) is 24.3 Å². The SMILES string of the molecule is O=C(O)C1CCCCN1C(=O)COc1ccc(C(F)(F)F)cc1. The van der Waals surface area contributed by atoms with E-state index in [9.17, 15) is 22.8 Å². The number of alkyl halides is 3. The summed E-state index contributed by atoms with van der Waals surface area (Å²) in [5, 5.41) is 9.11. The van der Waals surface area contributed by atoms with Crippen LogP contribution < -0.4 is 4.74 Å². The number of benzene rings is 1. The number of rotatable bonds is 4. The molecule has 1 aromatic carbocycles. The Hall–Kier alpha value is -2.25. The van der Waals surface area contributed by atoms with Crippen LogP contribution >= 0.6 is 0 Å². The molecular weight excluding hydrogens is 315 g/mol. The largest absolute Gasteiger partial charge is 0.484 e. The molecule has 126 valence electrons. The minimum atomic E-state index is -4.43. The summed E-state index contributed by atoms with van der Waals surface area (Å²) in [5.41, 5.74) is -0.807. The average Bonchev–Trinajstić information content (AvgIpc) is 2.52. The quantitative estimate of drug-likeness (QED) is 0.921. The molecule has 1 aliphatic rings. The van der Waals surface area contributed by atoms with Gasteiger partial charge >= 0.3 is 12.1 Å². The standard InChI is InChI=1S/C15H16F3NO4/c16-15(17,18)10-4-6-11(7-5-10)23-9-13(20)19-8-2-1-3-12(19)14(21)22/h4-7,12H,1-3,8-9H2,(H,21,22). The molecule has 1 saturated heterocycles. The summed E-state index contributed by atoms with van der Waals surface area (Å²) in [5.74, 6) is -1.43. The first-order chi connectivity index (χ1) is 10.8. The van der Waals surface area contributed by atoms with Crippen molar-refractivity contribution in [3.05, 3.63) is 29.8 Å². The molecule has 0 aliphatic carbocycles. The van der Waals surface area contributed by atoms with E-state index in [1.807, 2.05) is 0 Å². The second-order valence-corrected chi connectivity index (χ2v) is 5.25. The number of amides is 1. The number of aliphatic carboxylic acids is 1. The Morgan fingerprint density at radius 2 is 1.87 bits per heavy atom. The first kappa shape index (κ1) is 17.1. The summed E-state index contributed by atoms with van der Waals surface area (Å²) in [4.78, 5) is 24.4. The number of carbonyl (C=O) groups is 2. The first-order valence-corrected chi connectivity index (χ1v) is 7.11. The number of likely N-dealkylation sites (tertiary alicyclic amines) is 1. The van der Waals surface area contributed by atoms with Crippen LogP contribution in [0.1, 0.15) is 24.8 Å². The van der Waals surface area contributed by atoms with Crippen LogP contribution in [-0.2, 0) is 15.8 Å². The van der Waals surface area contributed by atoms with E-state index >= 15 is 0 Å². The zero-order valence-electron chi connectivity index (χ0n) is 12.2. The summed E-state index contributed by atoms with van der Waals surface area (Å²) in [6, 6.07) is 3.11. The van der Waals surface area contributed by atoms with Gasteiger partial charge in [-0.15, -0.1) is 0 Å². The molecule has 5 nitrogen and oxygen atoms in total. The average molecular weight is 331 g/mol. The molecule has 1 aliphatic heterocycles. The van der Waals surface area contributed by atoms with Gasteiger partial charge in [-0.1, -0.05) is 0 Å². The van der Waals surface area contributed by atoms with Crippen molar-refractivity contribution in [1.82, 2.24) is 4.90 Å². The van der Waals surface area contributed by atoms with Gasteiger partial charge in [-0.25, -0.2) is 4.79 Å². The van der Waals surface area contributed by atoms with Crippen molar-refractivity contribution in [3.63, 3.8) is 0 Å². The second kappa shape index (κ2) is 6.89. The molecule has 1 atom stereocenters. The van der Waals surface area contributed by atoms with Gasteiger partial charge in [0.05, 0.1) is 5.56 Å². The molecule has 1 fully saturated rings. The fraction of sp³-hybridized carbons (Fsp3) is 0.467. The normalized spacial score (nSPS) is 18.6. The number of nitrogens with zero attached hydrogens (tertiary/aromatic N) is 1. The highest BCUT2D eigenvalue weighted by Crippen LogP contribution is 2.30. The van der Waals surface area contributed by atoms with E-state index in [4.69, 9.17) is 9.84 Å². The van der Waals surface area contributed by atoms with Gasteiger partial charge in [-0.05, 0) is 43.5 Å². The number of ether oxygens (including phenoxy) is 1. The third kappa shape index (κ3) is 4.37. The lowest BCUT2D eigenvalue weighted by atomic mass is 10.0. The maximum Gasteiger partial charge on any atom is 0.416 e. The van der Waals surface area contributed by atoms with Crippen molar-refractivity contribution in [2.75, 3.05) is 13.2 Å². The molecule has 1 heterocycles. The Labute approximate surface area is 130 Å². The highest BCUT2D eigenvalue weighted by atomic mass is 19.4. The summed E-state index contributed by atoms with van der Waals surface area (Å²) < 4.78 is 42.5. The van der Waals surface area contributed by atoms with E-state index in [1.165, 1.54) is 4.90 Å². The van der Waals surface area contributed by atoms with Crippen molar-refractivity contribution in [1.29, 1.82) is 0 Å². The van der Waals surface area contributed by atoms with Gasteiger partial charge in [0.2, 0.25) is 0 Å². The minimum absolute atomic E-state index is 0.121. The number of hydrogen-bond donors (Lipinski definition) is 1. The topological polar surface area (TPSA) is 66.8 Å². The number of carboxylic acid groups (broad SMARTS) is 1. The fourth-order valence-electron chi connectivity index (χ4n) is 2.45. The first-order valence-electron chi connectivity index (χ1n) is 7.11. The van der Waals surface area contributed by atoms with E-state index in [1.54, 1.807) is 0 Å². The van der Waals surface area contributed by atoms with E-state index in [2.05, 4.69) is 0 Å². The molecule has 0 aromatic heterocycles. The third-order valence-electron chi connectivity index (χ3n) is 3.65. The molecule has 1 unspecified atom stereocenters. The van der Waals surface area contributed by atoms with Crippen LogP contribution in [0.3, 0.4) is 0 Å². The van der Waals surface area contributed by atoms with Crippen molar-refractivity contribution < 1.29 is 32.6 Å². The van der Waals surface area contributed by atoms with Crippen LogP contribution in [0.4, 0.5) is 13.2 Å². The zero-order chi connectivity index (χ0) is 17.0. The Kier molecular flexibility index (Phi) is 5.12. The Balaban J connectivity index is 1.94. The van der Waals surface area contributed by atoms with Crippen molar-refractivity contribution in [2.45, 2.75) is 31.5 Å². The van der Waals surface area contributed by atoms with Crippen LogP contribution in [0, 0.1) is 0 Å². The van der Waals surface area contributed by atoms with E-state index in [0.717, 1.165) is 37.1 Å². The Bertz CT molecular complexity index is 571. The lowest BCUT2D eigenvalue weighted by Gasteiger charge is -2.32. The molecule has 1 amide bonds. The maximum absolute atomic E-state index is 12.4. The van der Waals surface area contributed by atoms with Crippen molar-refractivity contribution in [2.24, 2.45) is 0 Å². The third-order valence-corrected chi connectivity index (χ3v) is 3.65. The highest BCUT2D eigenvalue weighted by Gasteiger charge is 2.32. The van der Waals surface area contributed by atoms with Gasteiger partial charge in [0, 0.05) is 6.54 Å². The van der Waals surface area contributed by atoms with Gasteiger partial charge < -0.3 is 14.7 Å². The van der Waals surface area contributed by atoms with E-state index in [0.29, 0.717) is 13.0 Å². The van der Waals surface area contributed by atoms with Crippen LogP contribution in [-0.4, -0.2) is 41.1 Å². The van der Waals surface area contributed by atoms with E-state index in [-0.39, 0.29) is 5.75 Å². The van der Waals surface area contributed by atoms with Crippen LogP contribution in [0.25, 0.3) is 0 Å². The van der Waals surface area contributed by atoms with Gasteiger partial charge in [-0.3, -0.25) is 4.79 Å². The Morgan fingerprint density at radius 3 is 2.43 bits per heavy atom. The second-order valence-electron chi connectivity index (χ2n) is 5.25. The van der Waals surface area contributed by atoms with Gasteiger partial charge in [-0.2, -0.15) is 13.2 Å². The molecule has 0 spiro atoms. The zero-order valence-corrected chi connectivity index (χ0v) is 12.2. The molecule has 23 heavy (non-hydrogen) atoms. The smallest absolute Gasteiger partial charge is 0.416 e. The highest BCUT2D eigenvalue weighted by molar-refractivity contribution is 5.84. The summed E-state index contributed by atoms with van der Waals surface area (Å²) >= 11 is 0. The van der Waals surface area contributed by atoms with Gasteiger partial charge in [0.25, 0.3) is 5.91 Å². The van der Waals surface area contributed by atoms with Crippen LogP contribution in [0.5, 0.6) is 5.75 Å². The number of hydrogen-bond acceptors (Lipinski definition) is 3. The van der Waals surface area contributed by atoms with Crippen molar-refractivity contribution >= 4 is 11.9 Å². The number of piperidine rings is 1. The van der Waals surface area contributed by atoms with Gasteiger partial charge in [0.15, 0.2) is 6.61 Å². The van der Waals surface area contributed by atoms with Gasteiger partial charge in [0.1, 0.15) is 11.8 Å². The number of carboxylic acids is 1. The molecule has 0 bridgehead atoms. The number of halogens is 3. The minimum Gasteiger partial charge on any atom is -0.484 e. The monoisotopic (exact) mass is 331 g/mol. The molecule has 1 aromatic rings. The van der Waals surface area contributed by atoms with Crippen LogP contribution in [0.2, 0.25) is 0 Å². The molecule has 1 N–H and O–H groups in total. The lowest BCUT2D eigenvalue weighted by molar-refractivity contribution is -0.152. The molecule has 8 heteroatoms. The lowest BCUT2D eigenvalue weighted by Crippen LogP contribution is -2.49.